The van der Waals surface area contributed by atoms with Gasteiger partial charge in [-0.15, -0.1) is 0 Å². The lowest BCUT2D eigenvalue weighted by Crippen LogP contribution is -2.07. The number of carbonyl (C=O) groups excluding carboxylic acids is 1. The van der Waals surface area contributed by atoms with Crippen LogP contribution in [0.5, 0.6) is 0 Å². The van der Waals surface area contributed by atoms with Crippen molar-refractivity contribution in [2.45, 2.75) is 39.4 Å². The quantitative estimate of drug-likeness (QED) is 0.637. The van der Waals surface area contributed by atoms with Crippen LogP contribution >= 0.6 is 11.8 Å². The van der Waals surface area contributed by atoms with Crippen LogP contribution in [0.4, 0.5) is 0 Å². The van der Waals surface area contributed by atoms with Crippen molar-refractivity contribution >= 4 is 17.5 Å². The molecule has 11 heavy (non-hydrogen) atoms. The number of ketones is 1. The Morgan fingerprint density at radius 1 is 1.27 bits per heavy atom. The summed E-state index contributed by atoms with van der Waals surface area (Å²) in [5.74, 6) is 1.59. The molecular formula is C9H18OS. The van der Waals surface area contributed by atoms with Crippen LogP contribution in [0.1, 0.15) is 34.1 Å². The predicted molar refractivity (Wildman–Crippen MR) is 52.1 cm³/mol. The van der Waals surface area contributed by atoms with E-state index in [0.717, 1.165) is 6.42 Å². The van der Waals surface area contributed by atoms with Gasteiger partial charge < -0.3 is 0 Å². The maximum Gasteiger partial charge on any atom is 0.143 e. The molecule has 0 aliphatic heterocycles. The van der Waals surface area contributed by atoms with Crippen molar-refractivity contribution in [2.24, 2.45) is 5.92 Å². The van der Waals surface area contributed by atoms with Gasteiger partial charge in [-0.3, -0.25) is 4.79 Å². The van der Waals surface area contributed by atoms with Crippen LogP contribution in [0, 0.1) is 5.92 Å². The van der Waals surface area contributed by atoms with E-state index in [9.17, 15) is 4.79 Å². The minimum absolute atomic E-state index is 0.388. The van der Waals surface area contributed by atoms with Crippen molar-refractivity contribution in [1.82, 2.24) is 0 Å². The minimum atomic E-state index is 0.388. The van der Waals surface area contributed by atoms with Gasteiger partial charge in [0.25, 0.3) is 0 Å². The highest BCUT2D eigenvalue weighted by molar-refractivity contribution is 8.00. The lowest BCUT2D eigenvalue weighted by Gasteiger charge is -2.05. The Balaban J connectivity index is 3.38. The fourth-order valence-electron chi connectivity index (χ4n) is 0.774. The first-order chi connectivity index (χ1) is 5.02. The Bertz CT molecular complexity index is 119. The zero-order chi connectivity index (χ0) is 8.85. The average Bonchev–Trinajstić information content (AvgIpc) is 1.82. The highest BCUT2D eigenvalue weighted by atomic mass is 32.2. The van der Waals surface area contributed by atoms with Crippen molar-refractivity contribution in [3.63, 3.8) is 0 Å². The van der Waals surface area contributed by atoms with Crippen LogP contribution in [-0.4, -0.2) is 16.8 Å². The number of thioether (sulfide) groups is 1. The number of hydrogen-bond acceptors (Lipinski definition) is 2. The summed E-state index contributed by atoms with van der Waals surface area (Å²) in [6.07, 6.45) is 0.736. The molecule has 0 fully saturated rings. The third-order valence-electron chi connectivity index (χ3n) is 1.21. The fraction of sp³-hybridized carbons (Fsp3) is 0.889. The highest BCUT2D eigenvalue weighted by Gasteiger charge is 2.05. The molecule has 0 aromatic heterocycles. The van der Waals surface area contributed by atoms with Crippen molar-refractivity contribution in [1.29, 1.82) is 0 Å². The van der Waals surface area contributed by atoms with Gasteiger partial charge >= 0.3 is 0 Å². The average molecular weight is 174 g/mol. The molecule has 0 saturated heterocycles. The Labute approximate surface area is 73.9 Å². The van der Waals surface area contributed by atoms with Gasteiger partial charge in [-0.2, -0.15) is 11.8 Å². The van der Waals surface area contributed by atoms with Gasteiger partial charge in [0.2, 0.25) is 0 Å². The number of rotatable bonds is 5. The summed E-state index contributed by atoms with van der Waals surface area (Å²) in [6.45, 7) is 8.40. The molecule has 0 bridgehead atoms. The molecule has 0 aliphatic carbocycles. The maximum atomic E-state index is 11.1. The monoisotopic (exact) mass is 174 g/mol. The first-order valence-electron chi connectivity index (χ1n) is 4.15. The van der Waals surface area contributed by atoms with Crippen LogP contribution in [-0.2, 0) is 4.79 Å². The molecule has 0 rings (SSSR count). The predicted octanol–water partition coefficient (Wildman–Crippen LogP) is 2.74. The van der Waals surface area contributed by atoms with E-state index in [-0.39, 0.29) is 0 Å². The van der Waals surface area contributed by atoms with Crippen molar-refractivity contribution in [3.8, 4) is 0 Å². The zero-order valence-corrected chi connectivity index (χ0v) is 8.70. The maximum absolute atomic E-state index is 11.1. The van der Waals surface area contributed by atoms with E-state index < -0.39 is 0 Å². The Morgan fingerprint density at radius 2 is 1.82 bits per heavy atom. The lowest BCUT2D eigenvalue weighted by atomic mass is 10.1. The third kappa shape index (κ3) is 7.92. The summed E-state index contributed by atoms with van der Waals surface area (Å²) in [5.41, 5.74) is 0. The Kier molecular flexibility index (Phi) is 5.65. The first-order valence-corrected chi connectivity index (χ1v) is 5.20. The zero-order valence-electron chi connectivity index (χ0n) is 7.89. The molecule has 0 aromatic carbocycles. The van der Waals surface area contributed by atoms with Crippen molar-refractivity contribution in [3.05, 3.63) is 0 Å². The van der Waals surface area contributed by atoms with E-state index in [4.69, 9.17) is 0 Å². The molecule has 0 heterocycles. The summed E-state index contributed by atoms with van der Waals surface area (Å²) >= 11 is 1.73. The van der Waals surface area contributed by atoms with Crippen LogP contribution in [0.3, 0.4) is 0 Å². The Hall–Kier alpha value is 0.0200. The summed E-state index contributed by atoms with van der Waals surface area (Å²) < 4.78 is 0. The van der Waals surface area contributed by atoms with Gasteiger partial charge in [0, 0.05) is 6.42 Å². The fourth-order valence-corrected chi connectivity index (χ4v) is 1.41. The van der Waals surface area contributed by atoms with Gasteiger partial charge in [-0.05, 0) is 11.2 Å². The van der Waals surface area contributed by atoms with Gasteiger partial charge in [-0.25, -0.2) is 0 Å². The number of hydrogen-bond donors (Lipinski definition) is 0. The lowest BCUT2D eigenvalue weighted by molar-refractivity contribution is -0.117. The molecule has 0 aromatic rings. The van der Waals surface area contributed by atoms with Gasteiger partial charge in [-0.1, -0.05) is 27.7 Å². The second-order valence-electron chi connectivity index (χ2n) is 3.50. The second kappa shape index (κ2) is 5.64. The summed E-state index contributed by atoms with van der Waals surface area (Å²) in [7, 11) is 0. The van der Waals surface area contributed by atoms with E-state index >= 15 is 0 Å². The summed E-state index contributed by atoms with van der Waals surface area (Å²) in [5, 5.41) is 0.575. The molecule has 0 atom stereocenters. The second-order valence-corrected chi connectivity index (χ2v) is 5.06. The van der Waals surface area contributed by atoms with Crippen LogP contribution < -0.4 is 0 Å². The molecule has 0 saturated carbocycles. The molecule has 0 radical (unpaired) electrons. The summed E-state index contributed by atoms with van der Waals surface area (Å²) in [4.78, 5) is 11.1. The van der Waals surface area contributed by atoms with Gasteiger partial charge in [0.05, 0.1) is 5.75 Å². The Morgan fingerprint density at radius 3 is 2.18 bits per heavy atom. The molecule has 0 aliphatic rings. The molecule has 0 spiro atoms. The van der Waals surface area contributed by atoms with Crippen molar-refractivity contribution in [2.75, 3.05) is 5.75 Å². The number of carbonyl (C=O) groups is 1. The third-order valence-corrected chi connectivity index (χ3v) is 2.37. The molecule has 2 heteroatoms. The van der Waals surface area contributed by atoms with E-state index in [1.165, 1.54) is 0 Å². The van der Waals surface area contributed by atoms with Gasteiger partial charge in [0.1, 0.15) is 5.78 Å². The first kappa shape index (κ1) is 11.0. The largest absolute Gasteiger partial charge is 0.299 e. The summed E-state index contributed by atoms with van der Waals surface area (Å²) in [6, 6.07) is 0. The minimum Gasteiger partial charge on any atom is -0.299 e. The van der Waals surface area contributed by atoms with E-state index in [1.807, 2.05) is 0 Å². The molecule has 0 amide bonds. The van der Waals surface area contributed by atoms with Crippen LogP contribution in [0.25, 0.3) is 0 Å². The number of Topliss-reactive ketones (excluding diaryl/α,β-unsaturated/α-hetero) is 1. The standard InChI is InChI=1S/C9H18OS/c1-7(2)5-9(10)6-11-8(3)4/h7-8H,5-6H2,1-4H3. The van der Waals surface area contributed by atoms with E-state index in [0.29, 0.717) is 22.7 Å². The molecule has 0 unspecified atom stereocenters. The van der Waals surface area contributed by atoms with Crippen molar-refractivity contribution < 1.29 is 4.79 Å². The topological polar surface area (TPSA) is 17.1 Å². The molecular weight excluding hydrogens is 156 g/mol. The molecule has 0 N–H and O–H groups in total. The van der Waals surface area contributed by atoms with Gasteiger partial charge in [0.15, 0.2) is 0 Å². The SMILES string of the molecule is CC(C)CC(=O)CSC(C)C. The van der Waals surface area contributed by atoms with Crippen LogP contribution in [0.2, 0.25) is 0 Å². The van der Waals surface area contributed by atoms with Crippen LogP contribution in [0.15, 0.2) is 0 Å². The normalized spacial score (nSPS) is 11.1. The smallest absolute Gasteiger partial charge is 0.143 e. The van der Waals surface area contributed by atoms with E-state index in [2.05, 4.69) is 27.7 Å². The van der Waals surface area contributed by atoms with E-state index in [1.54, 1.807) is 11.8 Å². The molecule has 1 nitrogen and oxygen atoms in total. The highest BCUT2D eigenvalue weighted by Crippen LogP contribution is 2.11. The molecule has 66 valence electrons.